The molecule has 0 radical (unpaired) electrons. The van der Waals surface area contributed by atoms with Gasteiger partial charge in [-0.15, -0.1) is 0 Å². The lowest BCUT2D eigenvalue weighted by molar-refractivity contribution is -0.131. The van der Waals surface area contributed by atoms with Gasteiger partial charge >= 0.3 is 0 Å². The summed E-state index contributed by atoms with van der Waals surface area (Å²) in [5.41, 5.74) is 2.49. The van der Waals surface area contributed by atoms with Crippen LogP contribution >= 0.6 is 23.2 Å². The number of carbonyl (C=O) groups is 1. The van der Waals surface area contributed by atoms with Crippen molar-refractivity contribution in [1.82, 2.24) is 14.7 Å². The largest absolute Gasteiger partial charge is 0.368 e. The Bertz CT molecular complexity index is 1140. The van der Waals surface area contributed by atoms with Crippen LogP contribution in [0, 0.1) is 0 Å². The number of amides is 1. The minimum absolute atomic E-state index is 0.109. The maximum absolute atomic E-state index is 12.7. The number of carbonyl (C=O) groups excluding carboxylic acids is 1. The van der Waals surface area contributed by atoms with Gasteiger partial charge in [-0.1, -0.05) is 41.4 Å². The molecule has 32 heavy (non-hydrogen) atoms. The van der Waals surface area contributed by atoms with Crippen LogP contribution in [0.5, 0.6) is 0 Å². The van der Waals surface area contributed by atoms with E-state index < -0.39 is 0 Å². The quantitative estimate of drug-likeness (QED) is 0.537. The highest BCUT2D eigenvalue weighted by Crippen LogP contribution is 2.21. The molecule has 0 N–H and O–H groups in total. The number of rotatable bonds is 6. The molecule has 4 rings (SSSR count). The van der Waals surface area contributed by atoms with Gasteiger partial charge in [0.2, 0.25) is 5.91 Å². The highest BCUT2D eigenvalue weighted by molar-refractivity contribution is 6.31. The third-order valence-corrected chi connectivity index (χ3v) is 6.06. The lowest BCUT2D eigenvalue weighted by Gasteiger charge is -2.36. The molecule has 0 aliphatic carbocycles. The lowest BCUT2D eigenvalue weighted by atomic mass is 10.1. The Balaban J connectivity index is 1.29. The molecule has 1 aliphatic rings. The summed E-state index contributed by atoms with van der Waals surface area (Å²) in [5.74, 6) is 0.109. The predicted octanol–water partition coefficient (Wildman–Crippen LogP) is 4.35. The van der Waals surface area contributed by atoms with Crippen LogP contribution < -0.4 is 10.5 Å². The minimum atomic E-state index is -0.176. The van der Waals surface area contributed by atoms with Gasteiger partial charge in [0.25, 0.3) is 5.56 Å². The van der Waals surface area contributed by atoms with Gasteiger partial charge in [-0.2, -0.15) is 5.10 Å². The third kappa shape index (κ3) is 5.50. The van der Waals surface area contributed by atoms with Gasteiger partial charge in [0.1, 0.15) is 0 Å². The smallest absolute Gasteiger partial charge is 0.266 e. The third-order valence-electron chi connectivity index (χ3n) is 5.57. The van der Waals surface area contributed by atoms with Crippen molar-refractivity contribution in [3.05, 3.63) is 81.1 Å². The molecule has 0 bridgehead atoms. The Morgan fingerprint density at radius 3 is 2.38 bits per heavy atom. The van der Waals surface area contributed by atoms with Gasteiger partial charge in [0.05, 0.1) is 5.69 Å². The second-order valence-electron chi connectivity index (χ2n) is 7.74. The van der Waals surface area contributed by atoms with Gasteiger partial charge in [0, 0.05) is 66.5 Å². The molecule has 0 atom stereocenters. The van der Waals surface area contributed by atoms with E-state index in [1.165, 1.54) is 10.7 Å². The number of halogens is 2. The Morgan fingerprint density at radius 2 is 1.66 bits per heavy atom. The van der Waals surface area contributed by atoms with Crippen molar-refractivity contribution in [2.45, 2.75) is 19.4 Å². The van der Waals surface area contributed by atoms with Crippen molar-refractivity contribution in [1.29, 1.82) is 0 Å². The summed E-state index contributed by atoms with van der Waals surface area (Å²) in [6.45, 7) is 3.30. The van der Waals surface area contributed by atoms with Crippen LogP contribution in [0.3, 0.4) is 0 Å². The summed E-state index contributed by atoms with van der Waals surface area (Å²) in [6.07, 6.45) is 0.945. The molecule has 1 amide bonds. The molecule has 3 aromatic rings. The number of nitrogens with zero attached hydrogens (tertiary/aromatic N) is 4. The molecule has 1 aliphatic heterocycles. The van der Waals surface area contributed by atoms with Crippen molar-refractivity contribution in [2.75, 3.05) is 31.1 Å². The first-order chi connectivity index (χ1) is 15.5. The van der Waals surface area contributed by atoms with Crippen molar-refractivity contribution in [3.63, 3.8) is 0 Å². The highest BCUT2D eigenvalue weighted by atomic mass is 35.5. The molecule has 1 saturated heterocycles. The molecular formula is C24H24Cl2N4O2. The Kier molecular flexibility index (Phi) is 7.12. The first-order valence-corrected chi connectivity index (χ1v) is 11.4. The fourth-order valence-electron chi connectivity index (χ4n) is 3.81. The fourth-order valence-corrected chi connectivity index (χ4v) is 4.12. The average Bonchev–Trinajstić information content (AvgIpc) is 2.81. The highest BCUT2D eigenvalue weighted by Gasteiger charge is 2.21. The van der Waals surface area contributed by atoms with E-state index >= 15 is 0 Å². The second-order valence-corrected chi connectivity index (χ2v) is 8.61. The van der Waals surface area contributed by atoms with Crippen LogP contribution in [0.25, 0.3) is 11.3 Å². The summed E-state index contributed by atoms with van der Waals surface area (Å²) < 4.78 is 1.42. The van der Waals surface area contributed by atoms with E-state index in [9.17, 15) is 9.59 Å². The van der Waals surface area contributed by atoms with E-state index in [2.05, 4.69) is 10.00 Å². The number of hydrogen-bond acceptors (Lipinski definition) is 4. The fraction of sp³-hybridized carbons (Fsp3) is 0.292. The number of benzene rings is 2. The van der Waals surface area contributed by atoms with Gasteiger partial charge in [-0.3, -0.25) is 9.59 Å². The summed E-state index contributed by atoms with van der Waals surface area (Å²) in [4.78, 5) is 29.0. The van der Waals surface area contributed by atoms with E-state index in [0.717, 1.165) is 24.3 Å². The average molecular weight is 471 g/mol. The molecule has 8 heteroatoms. The van der Waals surface area contributed by atoms with Crippen LogP contribution in [-0.2, 0) is 11.3 Å². The van der Waals surface area contributed by atoms with Crippen LogP contribution in [-0.4, -0.2) is 46.8 Å². The SMILES string of the molecule is O=C(CCCn1nc(-c2ccc(Cl)cc2)ccc1=O)N1CCN(c2cccc(Cl)c2)CC1. The maximum atomic E-state index is 12.7. The number of aromatic nitrogens is 2. The number of aryl methyl sites for hydroxylation is 1. The predicted molar refractivity (Wildman–Crippen MR) is 128 cm³/mol. The van der Waals surface area contributed by atoms with Gasteiger partial charge < -0.3 is 9.80 Å². The molecular weight excluding hydrogens is 447 g/mol. The zero-order valence-electron chi connectivity index (χ0n) is 17.6. The first kappa shape index (κ1) is 22.4. The molecule has 0 saturated carbocycles. The standard InChI is InChI=1S/C24H24Cl2N4O2/c25-19-8-6-18(7-9-19)22-10-11-24(32)30(27-22)12-2-5-23(31)29-15-13-28(14-16-29)21-4-1-3-20(26)17-21/h1,3-4,6-11,17H,2,5,12-16H2. The Labute approximate surface area is 197 Å². The number of piperazine rings is 1. The Hall–Kier alpha value is -2.83. The molecule has 1 aromatic heterocycles. The molecule has 166 valence electrons. The van der Waals surface area contributed by atoms with Crippen molar-refractivity contribution < 1.29 is 4.79 Å². The van der Waals surface area contributed by atoms with Gasteiger partial charge in [-0.25, -0.2) is 4.68 Å². The summed E-state index contributed by atoms with van der Waals surface area (Å²) >= 11 is 12.0. The molecule has 6 nitrogen and oxygen atoms in total. The molecule has 0 unspecified atom stereocenters. The normalized spacial score (nSPS) is 13.9. The first-order valence-electron chi connectivity index (χ1n) is 10.6. The summed E-state index contributed by atoms with van der Waals surface area (Å²) in [7, 11) is 0. The van der Waals surface area contributed by atoms with Crippen molar-refractivity contribution >= 4 is 34.8 Å². The molecule has 0 spiro atoms. The number of anilines is 1. The second kappa shape index (κ2) is 10.2. The van der Waals surface area contributed by atoms with E-state index in [4.69, 9.17) is 23.2 Å². The molecule has 1 fully saturated rings. The van der Waals surface area contributed by atoms with Gasteiger partial charge in [0.15, 0.2) is 0 Å². The zero-order chi connectivity index (χ0) is 22.5. The molecule has 2 aromatic carbocycles. The van der Waals surface area contributed by atoms with Crippen LogP contribution in [0.15, 0.2) is 65.5 Å². The van der Waals surface area contributed by atoms with E-state index in [1.807, 2.05) is 41.3 Å². The van der Waals surface area contributed by atoms with Crippen LogP contribution in [0.4, 0.5) is 5.69 Å². The summed E-state index contributed by atoms with van der Waals surface area (Å²) in [5, 5.41) is 5.81. The van der Waals surface area contributed by atoms with E-state index in [1.54, 1.807) is 18.2 Å². The minimum Gasteiger partial charge on any atom is -0.368 e. The maximum Gasteiger partial charge on any atom is 0.266 e. The monoisotopic (exact) mass is 470 g/mol. The molecule has 2 heterocycles. The lowest BCUT2D eigenvalue weighted by Crippen LogP contribution is -2.48. The zero-order valence-corrected chi connectivity index (χ0v) is 19.1. The van der Waals surface area contributed by atoms with Crippen molar-refractivity contribution in [3.8, 4) is 11.3 Å². The van der Waals surface area contributed by atoms with Gasteiger partial charge in [-0.05, 0) is 42.8 Å². The Morgan fingerprint density at radius 1 is 0.906 bits per heavy atom. The van der Waals surface area contributed by atoms with Crippen molar-refractivity contribution in [2.24, 2.45) is 0 Å². The van der Waals surface area contributed by atoms with Crippen LogP contribution in [0.2, 0.25) is 10.0 Å². The van der Waals surface area contributed by atoms with E-state index in [0.29, 0.717) is 48.2 Å². The topological polar surface area (TPSA) is 58.4 Å². The van der Waals surface area contributed by atoms with E-state index in [-0.39, 0.29) is 11.5 Å². The van der Waals surface area contributed by atoms with Crippen LogP contribution in [0.1, 0.15) is 12.8 Å². The number of hydrogen-bond donors (Lipinski definition) is 0. The summed E-state index contributed by atoms with van der Waals surface area (Å²) in [6, 6.07) is 18.3.